The topological polar surface area (TPSA) is 68.4 Å². The van der Waals surface area contributed by atoms with Crippen LogP contribution in [0.2, 0.25) is 0 Å². The van der Waals surface area contributed by atoms with Gasteiger partial charge in [0.15, 0.2) is 0 Å². The Labute approximate surface area is 114 Å². The van der Waals surface area contributed by atoms with Crippen LogP contribution in [0.3, 0.4) is 0 Å². The maximum atomic E-state index is 12.8. The zero-order valence-electron chi connectivity index (χ0n) is 10.6. The fourth-order valence-corrected chi connectivity index (χ4v) is 1.50. The molecular weight excluding hydrogens is 305 g/mol. The van der Waals surface area contributed by atoms with Gasteiger partial charge in [0.1, 0.15) is 0 Å². The van der Waals surface area contributed by atoms with Gasteiger partial charge in [-0.3, -0.25) is 14.6 Å². The Morgan fingerprint density at radius 3 is 2.48 bits per heavy atom. The van der Waals surface area contributed by atoms with Crippen molar-refractivity contribution < 1.29 is 36.2 Å². The van der Waals surface area contributed by atoms with E-state index in [0.29, 0.717) is 6.07 Å². The largest absolute Gasteiger partial charge is 0.574 e. The van der Waals surface area contributed by atoms with E-state index >= 15 is 0 Å². The van der Waals surface area contributed by atoms with Gasteiger partial charge in [-0.25, -0.2) is 8.78 Å². The lowest BCUT2D eigenvalue weighted by Gasteiger charge is -2.12. The molecule has 5 nitrogen and oxygen atoms in total. The summed E-state index contributed by atoms with van der Waals surface area (Å²) in [5.41, 5.74) is -2.97. The van der Waals surface area contributed by atoms with E-state index in [0.717, 1.165) is 0 Å². The predicted octanol–water partition coefficient (Wildman–Crippen LogP) is 2.32. The van der Waals surface area contributed by atoms with Crippen LogP contribution in [0.25, 0.3) is 0 Å². The van der Waals surface area contributed by atoms with E-state index in [1.165, 1.54) is 6.92 Å². The number of nitrogens with one attached hydrogen (secondary N) is 1. The van der Waals surface area contributed by atoms with E-state index in [-0.39, 0.29) is 6.61 Å². The first kappa shape index (κ1) is 16.9. The van der Waals surface area contributed by atoms with Gasteiger partial charge in [-0.2, -0.15) is 0 Å². The van der Waals surface area contributed by atoms with Crippen molar-refractivity contribution in [2.24, 2.45) is 0 Å². The van der Waals surface area contributed by atoms with Gasteiger partial charge in [0.05, 0.1) is 13.0 Å². The zero-order chi connectivity index (χ0) is 16.2. The number of ether oxygens (including phenoxy) is 2. The van der Waals surface area contributed by atoms with Gasteiger partial charge >= 0.3 is 12.3 Å². The number of aromatic amines is 1. The average molecular weight is 315 g/mol. The molecule has 0 aromatic carbocycles. The minimum atomic E-state index is -5.15. The fraction of sp³-hybridized carbons (Fsp3) is 0.455. The number of aromatic nitrogens is 1. The third kappa shape index (κ3) is 5.04. The molecule has 0 saturated heterocycles. The van der Waals surface area contributed by atoms with Crippen molar-refractivity contribution in [2.45, 2.75) is 26.1 Å². The summed E-state index contributed by atoms with van der Waals surface area (Å²) in [5.74, 6) is -2.13. The van der Waals surface area contributed by atoms with Crippen LogP contribution in [0.5, 0.6) is 5.88 Å². The van der Waals surface area contributed by atoms with Crippen LogP contribution < -0.4 is 10.3 Å². The lowest BCUT2D eigenvalue weighted by molar-refractivity contribution is -0.276. The SMILES string of the molecule is CCOC(=O)Cc1c(C(F)F)cc(OC(F)(F)F)[nH]c1=O. The number of carbonyl (C=O) groups is 1. The van der Waals surface area contributed by atoms with Crippen molar-refractivity contribution >= 4 is 5.97 Å². The van der Waals surface area contributed by atoms with Crippen LogP contribution >= 0.6 is 0 Å². The van der Waals surface area contributed by atoms with Crippen molar-refractivity contribution in [1.82, 2.24) is 4.98 Å². The molecule has 0 bridgehead atoms. The summed E-state index contributed by atoms with van der Waals surface area (Å²) in [6.45, 7) is 1.44. The zero-order valence-corrected chi connectivity index (χ0v) is 10.6. The second-order valence-corrected chi connectivity index (χ2v) is 3.73. The molecule has 1 heterocycles. The van der Waals surface area contributed by atoms with E-state index in [9.17, 15) is 31.5 Å². The lowest BCUT2D eigenvalue weighted by Crippen LogP contribution is -2.24. The van der Waals surface area contributed by atoms with Gasteiger partial charge in [0.25, 0.3) is 12.0 Å². The molecule has 118 valence electrons. The van der Waals surface area contributed by atoms with Crippen LogP contribution in [-0.2, 0) is 16.0 Å². The normalized spacial score (nSPS) is 11.6. The Morgan fingerprint density at radius 1 is 1.38 bits per heavy atom. The van der Waals surface area contributed by atoms with Gasteiger partial charge in [-0.15, -0.1) is 13.2 Å². The molecule has 0 amide bonds. The monoisotopic (exact) mass is 315 g/mol. The maximum Gasteiger partial charge on any atom is 0.574 e. The molecule has 0 spiro atoms. The highest BCUT2D eigenvalue weighted by Gasteiger charge is 2.32. The lowest BCUT2D eigenvalue weighted by atomic mass is 10.1. The molecule has 0 aliphatic heterocycles. The highest BCUT2D eigenvalue weighted by Crippen LogP contribution is 2.27. The van der Waals surface area contributed by atoms with Crippen LogP contribution in [0.15, 0.2) is 10.9 Å². The van der Waals surface area contributed by atoms with Crippen molar-refractivity contribution in [3.8, 4) is 5.88 Å². The second kappa shape index (κ2) is 6.55. The molecule has 1 rings (SSSR count). The van der Waals surface area contributed by atoms with Crippen LogP contribution in [0, 0.1) is 0 Å². The van der Waals surface area contributed by atoms with E-state index in [1.807, 2.05) is 0 Å². The minimum absolute atomic E-state index is 0.0317. The minimum Gasteiger partial charge on any atom is -0.466 e. The molecule has 10 heteroatoms. The fourth-order valence-electron chi connectivity index (χ4n) is 1.50. The Bertz CT molecular complexity index is 567. The molecule has 0 aliphatic carbocycles. The molecule has 0 atom stereocenters. The van der Waals surface area contributed by atoms with Gasteiger partial charge in [-0.05, 0) is 6.92 Å². The number of esters is 1. The molecule has 0 unspecified atom stereocenters. The number of H-pyrrole nitrogens is 1. The standard InChI is InChI=1S/C11H10F5NO4/c1-2-20-8(18)4-6-5(9(12)13)3-7(17-10(6)19)21-11(14,15)16/h3,9H,2,4H2,1H3,(H,17,19). The maximum absolute atomic E-state index is 12.8. The predicted molar refractivity (Wildman–Crippen MR) is 59.0 cm³/mol. The van der Waals surface area contributed by atoms with E-state index < -0.39 is 47.7 Å². The molecule has 1 aromatic heterocycles. The first-order valence-electron chi connectivity index (χ1n) is 5.59. The molecule has 0 aliphatic rings. The first-order chi connectivity index (χ1) is 9.64. The molecule has 1 N–H and O–H groups in total. The Hall–Kier alpha value is -2.13. The van der Waals surface area contributed by atoms with Gasteiger partial charge in [-0.1, -0.05) is 0 Å². The Balaban J connectivity index is 3.20. The van der Waals surface area contributed by atoms with Gasteiger partial charge in [0, 0.05) is 17.2 Å². The van der Waals surface area contributed by atoms with Crippen LogP contribution in [-0.4, -0.2) is 23.9 Å². The van der Waals surface area contributed by atoms with Crippen LogP contribution in [0.4, 0.5) is 22.0 Å². The third-order valence-corrected chi connectivity index (χ3v) is 2.23. The summed E-state index contributed by atoms with van der Waals surface area (Å²) in [5, 5.41) is 0. The average Bonchev–Trinajstić information content (AvgIpc) is 2.30. The Kier molecular flexibility index (Phi) is 5.28. The third-order valence-electron chi connectivity index (χ3n) is 2.23. The summed E-state index contributed by atoms with van der Waals surface area (Å²) >= 11 is 0. The van der Waals surface area contributed by atoms with Crippen molar-refractivity contribution in [1.29, 1.82) is 0 Å². The second-order valence-electron chi connectivity index (χ2n) is 3.73. The van der Waals surface area contributed by atoms with Crippen molar-refractivity contribution in [3.05, 3.63) is 27.5 Å². The number of halogens is 5. The van der Waals surface area contributed by atoms with Crippen LogP contribution in [0.1, 0.15) is 24.5 Å². The highest BCUT2D eigenvalue weighted by molar-refractivity contribution is 5.73. The summed E-state index contributed by atoms with van der Waals surface area (Å²) in [4.78, 5) is 24.4. The summed E-state index contributed by atoms with van der Waals surface area (Å²) in [6.07, 6.45) is -9.19. The number of carbonyl (C=O) groups excluding carboxylic acids is 1. The van der Waals surface area contributed by atoms with E-state index in [4.69, 9.17) is 0 Å². The van der Waals surface area contributed by atoms with Gasteiger partial charge < -0.3 is 9.47 Å². The molecule has 1 aromatic rings. The summed E-state index contributed by atoms with van der Waals surface area (Å²) < 4.78 is 69.5. The molecule has 0 fully saturated rings. The molecule has 21 heavy (non-hydrogen) atoms. The smallest absolute Gasteiger partial charge is 0.466 e. The molecule has 0 saturated carbocycles. The number of rotatable bonds is 5. The quantitative estimate of drug-likeness (QED) is 0.669. The van der Waals surface area contributed by atoms with Crippen molar-refractivity contribution in [2.75, 3.05) is 6.61 Å². The van der Waals surface area contributed by atoms with E-state index in [2.05, 4.69) is 9.47 Å². The van der Waals surface area contributed by atoms with E-state index in [1.54, 1.807) is 4.98 Å². The number of hydrogen-bond acceptors (Lipinski definition) is 4. The van der Waals surface area contributed by atoms with Crippen molar-refractivity contribution in [3.63, 3.8) is 0 Å². The molecular formula is C11H10F5NO4. The molecule has 0 radical (unpaired) electrons. The highest BCUT2D eigenvalue weighted by atomic mass is 19.4. The Morgan fingerprint density at radius 2 is 2.00 bits per heavy atom. The number of pyridine rings is 1. The number of hydrogen-bond donors (Lipinski definition) is 1. The summed E-state index contributed by atoms with van der Waals surface area (Å²) in [6, 6.07) is 0.327. The first-order valence-corrected chi connectivity index (χ1v) is 5.59. The van der Waals surface area contributed by atoms with Gasteiger partial charge in [0.2, 0.25) is 5.88 Å². The number of alkyl halides is 5. The summed E-state index contributed by atoms with van der Waals surface area (Å²) in [7, 11) is 0.